The summed E-state index contributed by atoms with van der Waals surface area (Å²) in [5, 5.41) is 9.38. The summed E-state index contributed by atoms with van der Waals surface area (Å²) in [6.45, 7) is 0.629. The summed E-state index contributed by atoms with van der Waals surface area (Å²) >= 11 is 0. The van der Waals surface area contributed by atoms with E-state index in [1.54, 1.807) is 0 Å². The standard InChI is InChI=1S/C11H16F2N4O/c12-10(13)7-17-6-9(4-15-17)16-11(18)5-14-3-8-1-2-8/h4,6,8,10,14H,1-3,5,7H2,(H,16,18). The van der Waals surface area contributed by atoms with Crippen molar-refractivity contribution in [1.82, 2.24) is 15.1 Å². The molecular weight excluding hydrogens is 242 g/mol. The molecule has 0 aromatic carbocycles. The maximum absolute atomic E-state index is 12.1. The highest BCUT2D eigenvalue weighted by Gasteiger charge is 2.20. The Kier molecular flexibility index (Phi) is 4.24. The topological polar surface area (TPSA) is 59.0 Å². The Bertz CT molecular complexity index is 404. The third-order valence-electron chi connectivity index (χ3n) is 2.66. The molecule has 0 aliphatic heterocycles. The fraction of sp³-hybridized carbons (Fsp3) is 0.636. The van der Waals surface area contributed by atoms with Gasteiger partial charge in [0.1, 0.15) is 6.54 Å². The van der Waals surface area contributed by atoms with Crippen molar-refractivity contribution in [3.8, 4) is 0 Å². The Morgan fingerprint density at radius 2 is 2.33 bits per heavy atom. The second-order valence-electron chi connectivity index (χ2n) is 4.46. The van der Waals surface area contributed by atoms with Crippen LogP contribution >= 0.6 is 0 Å². The fourth-order valence-corrected chi connectivity index (χ4v) is 1.59. The summed E-state index contributed by atoms with van der Waals surface area (Å²) in [4.78, 5) is 11.5. The highest BCUT2D eigenvalue weighted by molar-refractivity contribution is 5.91. The van der Waals surface area contributed by atoms with E-state index in [-0.39, 0.29) is 12.5 Å². The summed E-state index contributed by atoms with van der Waals surface area (Å²) in [7, 11) is 0. The number of alkyl halides is 2. The monoisotopic (exact) mass is 258 g/mol. The molecule has 1 aliphatic rings. The number of aromatic nitrogens is 2. The van der Waals surface area contributed by atoms with Crippen LogP contribution in [-0.2, 0) is 11.3 Å². The molecular formula is C11H16F2N4O. The Morgan fingerprint density at radius 3 is 3.00 bits per heavy atom. The lowest BCUT2D eigenvalue weighted by Gasteiger charge is -2.03. The van der Waals surface area contributed by atoms with Gasteiger partial charge in [0.25, 0.3) is 6.43 Å². The molecule has 1 aromatic heterocycles. The first-order chi connectivity index (χ1) is 8.63. The lowest BCUT2D eigenvalue weighted by molar-refractivity contribution is -0.115. The first-order valence-electron chi connectivity index (χ1n) is 5.94. The number of carbonyl (C=O) groups is 1. The molecule has 2 rings (SSSR count). The summed E-state index contributed by atoms with van der Waals surface area (Å²) in [6, 6.07) is 0. The largest absolute Gasteiger partial charge is 0.322 e. The van der Waals surface area contributed by atoms with E-state index in [1.807, 2.05) is 0 Å². The minimum Gasteiger partial charge on any atom is -0.322 e. The van der Waals surface area contributed by atoms with Crippen molar-refractivity contribution in [2.75, 3.05) is 18.4 Å². The average Bonchev–Trinajstić information content (AvgIpc) is 3.00. The molecule has 2 N–H and O–H groups in total. The van der Waals surface area contributed by atoms with Crippen molar-refractivity contribution < 1.29 is 13.6 Å². The smallest absolute Gasteiger partial charge is 0.257 e. The predicted molar refractivity (Wildman–Crippen MR) is 62.5 cm³/mol. The van der Waals surface area contributed by atoms with Crippen LogP contribution in [0.15, 0.2) is 12.4 Å². The molecule has 1 amide bonds. The van der Waals surface area contributed by atoms with Crippen molar-refractivity contribution in [2.45, 2.75) is 25.8 Å². The number of rotatable bonds is 7. The highest BCUT2D eigenvalue weighted by Crippen LogP contribution is 2.27. The van der Waals surface area contributed by atoms with Gasteiger partial charge in [-0.2, -0.15) is 5.10 Å². The van der Waals surface area contributed by atoms with Crippen molar-refractivity contribution in [3.63, 3.8) is 0 Å². The second-order valence-corrected chi connectivity index (χ2v) is 4.46. The lowest BCUT2D eigenvalue weighted by atomic mass is 10.4. The molecule has 0 radical (unpaired) electrons. The van der Waals surface area contributed by atoms with Crippen molar-refractivity contribution in [2.24, 2.45) is 5.92 Å². The van der Waals surface area contributed by atoms with Gasteiger partial charge in [-0.05, 0) is 25.3 Å². The number of hydrogen-bond donors (Lipinski definition) is 2. The maximum Gasteiger partial charge on any atom is 0.257 e. The zero-order valence-electron chi connectivity index (χ0n) is 9.90. The number of nitrogens with zero attached hydrogens (tertiary/aromatic N) is 2. The number of carbonyl (C=O) groups excluding carboxylic acids is 1. The van der Waals surface area contributed by atoms with E-state index in [0.717, 1.165) is 11.2 Å². The molecule has 100 valence electrons. The van der Waals surface area contributed by atoms with E-state index in [9.17, 15) is 13.6 Å². The molecule has 0 atom stereocenters. The number of hydrogen-bond acceptors (Lipinski definition) is 3. The van der Waals surface area contributed by atoms with Gasteiger partial charge >= 0.3 is 0 Å². The second kappa shape index (κ2) is 5.90. The first kappa shape index (κ1) is 12.9. The SMILES string of the molecule is O=C(CNCC1CC1)Nc1cnn(CC(F)F)c1. The minimum atomic E-state index is -2.45. The molecule has 18 heavy (non-hydrogen) atoms. The van der Waals surface area contributed by atoms with Gasteiger partial charge in [-0.3, -0.25) is 9.48 Å². The van der Waals surface area contributed by atoms with E-state index >= 15 is 0 Å². The molecule has 0 spiro atoms. The normalized spacial score (nSPS) is 15.1. The third-order valence-corrected chi connectivity index (χ3v) is 2.66. The Labute approximate surface area is 104 Å². The quantitative estimate of drug-likeness (QED) is 0.769. The van der Waals surface area contributed by atoms with Crippen LogP contribution in [0.25, 0.3) is 0 Å². The predicted octanol–water partition coefficient (Wildman–Crippen LogP) is 1.09. The Morgan fingerprint density at radius 1 is 1.56 bits per heavy atom. The van der Waals surface area contributed by atoms with Crippen LogP contribution in [0, 0.1) is 5.92 Å². The van der Waals surface area contributed by atoms with Crippen LogP contribution in [0.3, 0.4) is 0 Å². The molecule has 1 aromatic rings. The molecule has 0 unspecified atom stereocenters. The van der Waals surface area contributed by atoms with Crippen LogP contribution in [0.5, 0.6) is 0 Å². The van der Waals surface area contributed by atoms with Gasteiger partial charge in [-0.1, -0.05) is 0 Å². The molecule has 0 saturated heterocycles. The highest BCUT2D eigenvalue weighted by atomic mass is 19.3. The van der Waals surface area contributed by atoms with Crippen LogP contribution in [0.2, 0.25) is 0 Å². The minimum absolute atomic E-state index is 0.188. The zero-order valence-corrected chi connectivity index (χ0v) is 9.90. The average molecular weight is 258 g/mol. The van der Waals surface area contributed by atoms with E-state index in [2.05, 4.69) is 15.7 Å². The van der Waals surface area contributed by atoms with E-state index < -0.39 is 13.0 Å². The zero-order chi connectivity index (χ0) is 13.0. The van der Waals surface area contributed by atoms with Gasteiger partial charge in [-0.25, -0.2) is 8.78 Å². The van der Waals surface area contributed by atoms with Gasteiger partial charge in [-0.15, -0.1) is 0 Å². The van der Waals surface area contributed by atoms with E-state index in [0.29, 0.717) is 11.6 Å². The molecule has 1 saturated carbocycles. The van der Waals surface area contributed by atoms with Gasteiger partial charge in [0.15, 0.2) is 0 Å². The van der Waals surface area contributed by atoms with Crippen LogP contribution in [0.4, 0.5) is 14.5 Å². The van der Waals surface area contributed by atoms with Gasteiger partial charge in [0, 0.05) is 6.20 Å². The lowest BCUT2D eigenvalue weighted by Crippen LogP contribution is -2.29. The van der Waals surface area contributed by atoms with E-state index in [1.165, 1.54) is 25.2 Å². The molecule has 1 fully saturated rings. The number of anilines is 1. The molecule has 5 nitrogen and oxygen atoms in total. The Hall–Kier alpha value is -1.50. The number of halogens is 2. The van der Waals surface area contributed by atoms with Gasteiger partial charge in [0.2, 0.25) is 5.91 Å². The van der Waals surface area contributed by atoms with Crippen molar-refractivity contribution in [1.29, 1.82) is 0 Å². The maximum atomic E-state index is 12.1. The van der Waals surface area contributed by atoms with Gasteiger partial charge < -0.3 is 10.6 Å². The van der Waals surface area contributed by atoms with E-state index in [4.69, 9.17) is 0 Å². The molecule has 1 heterocycles. The van der Waals surface area contributed by atoms with Crippen LogP contribution in [-0.4, -0.2) is 35.2 Å². The summed E-state index contributed by atoms with van der Waals surface area (Å²) < 4.78 is 25.3. The molecule has 1 aliphatic carbocycles. The van der Waals surface area contributed by atoms with Crippen LogP contribution < -0.4 is 10.6 Å². The number of amides is 1. The third kappa shape index (κ3) is 4.40. The molecule has 7 heteroatoms. The summed E-state index contributed by atoms with van der Waals surface area (Å²) in [6.07, 6.45) is 2.77. The Balaban J connectivity index is 1.70. The van der Waals surface area contributed by atoms with Crippen molar-refractivity contribution in [3.05, 3.63) is 12.4 Å². The van der Waals surface area contributed by atoms with Crippen LogP contribution in [0.1, 0.15) is 12.8 Å². The first-order valence-corrected chi connectivity index (χ1v) is 5.94. The fourth-order valence-electron chi connectivity index (χ4n) is 1.59. The molecule has 0 bridgehead atoms. The van der Waals surface area contributed by atoms with Crippen molar-refractivity contribution >= 4 is 11.6 Å². The number of nitrogens with one attached hydrogen (secondary N) is 2. The van der Waals surface area contributed by atoms with Gasteiger partial charge in [0.05, 0.1) is 18.4 Å². The summed E-state index contributed by atoms with van der Waals surface area (Å²) in [5.74, 6) is 0.527. The summed E-state index contributed by atoms with van der Waals surface area (Å²) in [5.41, 5.74) is 0.439.